The summed E-state index contributed by atoms with van der Waals surface area (Å²) in [6, 6.07) is 19.0. The van der Waals surface area contributed by atoms with Crippen LogP contribution in [0.4, 0.5) is 11.4 Å². The number of carbonyl (C=O) groups is 2. The third kappa shape index (κ3) is 4.08. The van der Waals surface area contributed by atoms with Crippen LogP contribution in [0.3, 0.4) is 0 Å². The lowest BCUT2D eigenvalue weighted by Gasteiger charge is -2.08. The lowest BCUT2D eigenvalue weighted by atomic mass is 10.2. The van der Waals surface area contributed by atoms with E-state index in [1.165, 1.54) is 6.26 Å². The molecular formula is C22H17N3O4. The van der Waals surface area contributed by atoms with Gasteiger partial charge in [-0.1, -0.05) is 6.07 Å². The summed E-state index contributed by atoms with van der Waals surface area (Å²) in [5.41, 5.74) is 2.18. The predicted molar refractivity (Wildman–Crippen MR) is 109 cm³/mol. The molecule has 0 atom stereocenters. The SMILES string of the molecule is COc1ccc2nc(C(=O)Nc3ccc(NC(=O)c4ccco4)cc3)ccc2c1. The Labute approximate surface area is 166 Å². The summed E-state index contributed by atoms with van der Waals surface area (Å²) < 4.78 is 10.2. The number of benzene rings is 2. The average Bonchev–Trinajstić information content (AvgIpc) is 3.29. The molecule has 2 aromatic carbocycles. The Morgan fingerprint density at radius 3 is 2.28 bits per heavy atom. The molecule has 29 heavy (non-hydrogen) atoms. The normalized spacial score (nSPS) is 10.5. The van der Waals surface area contributed by atoms with Gasteiger partial charge >= 0.3 is 0 Å². The summed E-state index contributed by atoms with van der Waals surface area (Å²) >= 11 is 0. The van der Waals surface area contributed by atoms with Gasteiger partial charge in [-0.15, -0.1) is 0 Å². The molecule has 0 spiro atoms. The van der Waals surface area contributed by atoms with Gasteiger partial charge in [-0.2, -0.15) is 0 Å². The first-order valence-corrected chi connectivity index (χ1v) is 8.83. The summed E-state index contributed by atoms with van der Waals surface area (Å²) in [5.74, 6) is 0.289. The Kier molecular flexibility index (Phi) is 4.94. The second-order valence-electron chi connectivity index (χ2n) is 6.22. The summed E-state index contributed by atoms with van der Waals surface area (Å²) in [7, 11) is 1.60. The molecule has 2 N–H and O–H groups in total. The monoisotopic (exact) mass is 387 g/mol. The molecule has 7 heteroatoms. The van der Waals surface area contributed by atoms with Crippen molar-refractivity contribution in [2.24, 2.45) is 0 Å². The first kappa shape index (κ1) is 18.2. The van der Waals surface area contributed by atoms with Gasteiger partial charge in [0, 0.05) is 16.8 Å². The van der Waals surface area contributed by atoms with E-state index in [1.54, 1.807) is 61.7 Å². The van der Waals surface area contributed by atoms with E-state index in [0.29, 0.717) is 22.6 Å². The number of ether oxygens (including phenoxy) is 1. The maximum atomic E-state index is 12.5. The molecule has 0 saturated carbocycles. The Bertz CT molecular complexity index is 1170. The number of pyridine rings is 1. The number of hydrogen-bond donors (Lipinski definition) is 2. The van der Waals surface area contributed by atoms with E-state index in [2.05, 4.69) is 15.6 Å². The van der Waals surface area contributed by atoms with E-state index < -0.39 is 0 Å². The molecule has 0 aliphatic heterocycles. The molecular weight excluding hydrogens is 370 g/mol. The fraction of sp³-hybridized carbons (Fsp3) is 0.0455. The number of rotatable bonds is 5. The lowest BCUT2D eigenvalue weighted by molar-refractivity contribution is 0.0994. The van der Waals surface area contributed by atoms with Gasteiger partial charge in [0.1, 0.15) is 11.4 Å². The van der Waals surface area contributed by atoms with E-state index in [-0.39, 0.29) is 17.6 Å². The van der Waals surface area contributed by atoms with Crippen molar-refractivity contribution >= 4 is 34.1 Å². The van der Waals surface area contributed by atoms with Crippen molar-refractivity contribution in [1.82, 2.24) is 4.98 Å². The number of hydrogen-bond acceptors (Lipinski definition) is 5. The van der Waals surface area contributed by atoms with E-state index in [9.17, 15) is 9.59 Å². The third-order valence-electron chi connectivity index (χ3n) is 4.27. The molecule has 2 aromatic heterocycles. The summed E-state index contributed by atoms with van der Waals surface area (Å²) in [5, 5.41) is 6.40. The van der Waals surface area contributed by atoms with Gasteiger partial charge in [-0.3, -0.25) is 9.59 Å². The zero-order valence-electron chi connectivity index (χ0n) is 15.5. The number of carbonyl (C=O) groups excluding carboxylic acids is 2. The van der Waals surface area contributed by atoms with Gasteiger partial charge < -0.3 is 19.8 Å². The van der Waals surface area contributed by atoms with Crippen molar-refractivity contribution in [2.45, 2.75) is 0 Å². The fourth-order valence-electron chi connectivity index (χ4n) is 2.79. The molecule has 0 aliphatic carbocycles. The molecule has 7 nitrogen and oxygen atoms in total. The van der Waals surface area contributed by atoms with Crippen LogP contribution in [0.5, 0.6) is 5.75 Å². The zero-order valence-corrected chi connectivity index (χ0v) is 15.5. The van der Waals surface area contributed by atoms with Gasteiger partial charge in [0.05, 0.1) is 18.9 Å². The minimum atomic E-state index is -0.344. The van der Waals surface area contributed by atoms with E-state index in [0.717, 1.165) is 11.1 Å². The molecule has 0 saturated heterocycles. The minimum absolute atomic E-state index is 0.224. The first-order valence-electron chi connectivity index (χ1n) is 8.83. The molecule has 2 amide bonds. The fourth-order valence-corrected chi connectivity index (χ4v) is 2.79. The second-order valence-corrected chi connectivity index (χ2v) is 6.22. The van der Waals surface area contributed by atoms with Crippen molar-refractivity contribution in [2.75, 3.05) is 17.7 Å². The summed E-state index contributed by atoms with van der Waals surface area (Å²) in [6.07, 6.45) is 1.44. The van der Waals surface area contributed by atoms with Crippen LogP contribution in [0.2, 0.25) is 0 Å². The Morgan fingerprint density at radius 1 is 0.897 bits per heavy atom. The molecule has 0 unspecified atom stereocenters. The predicted octanol–water partition coefficient (Wildman–Crippen LogP) is 4.34. The van der Waals surface area contributed by atoms with E-state index in [1.807, 2.05) is 12.1 Å². The number of amides is 2. The van der Waals surface area contributed by atoms with Crippen LogP contribution >= 0.6 is 0 Å². The second kappa shape index (κ2) is 7.85. The number of fused-ring (bicyclic) bond motifs is 1. The first-order chi connectivity index (χ1) is 14.1. The molecule has 0 aliphatic rings. The van der Waals surface area contributed by atoms with Crippen LogP contribution in [0.15, 0.2) is 77.4 Å². The average molecular weight is 387 g/mol. The minimum Gasteiger partial charge on any atom is -0.497 e. The molecule has 4 rings (SSSR count). The zero-order chi connectivity index (χ0) is 20.2. The van der Waals surface area contributed by atoms with Gasteiger partial charge in [-0.25, -0.2) is 4.98 Å². The maximum Gasteiger partial charge on any atom is 0.291 e. The summed E-state index contributed by atoms with van der Waals surface area (Å²) in [6.45, 7) is 0. The number of furan rings is 1. The van der Waals surface area contributed by atoms with Crippen molar-refractivity contribution in [3.05, 3.63) is 84.4 Å². The van der Waals surface area contributed by atoms with Crippen molar-refractivity contribution < 1.29 is 18.7 Å². The molecule has 144 valence electrons. The lowest BCUT2D eigenvalue weighted by Crippen LogP contribution is -2.14. The van der Waals surface area contributed by atoms with Crippen molar-refractivity contribution in [1.29, 1.82) is 0 Å². The van der Waals surface area contributed by atoms with Gasteiger partial charge in [0.15, 0.2) is 5.76 Å². The van der Waals surface area contributed by atoms with Crippen LogP contribution in [-0.2, 0) is 0 Å². The summed E-state index contributed by atoms with van der Waals surface area (Å²) in [4.78, 5) is 28.9. The van der Waals surface area contributed by atoms with E-state index >= 15 is 0 Å². The quantitative estimate of drug-likeness (QED) is 0.531. The Morgan fingerprint density at radius 2 is 1.62 bits per heavy atom. The number of nitrogens with zero attached hydrogens (tertiary/aromatic N) is 1. The standard InChI is InChI=1S/C22H17N3O4/c1-28-17-9-11-18-14(13-17)4-10-19(25-18)21(26)23-15-5-7-16(8-6-15)24-22(27)20-3-2-12-29-20/h2-13H,1H3,(H,23,26)(H,24,27). The van der Waals surface area contributed by atoms with Crippen LogP contribution in [-0.4, -0.2) is 23.9 Å². The van der Waals surface area contributed by atoms with Crippen LogP contribution in [0.1, 0.15) is 21.0 Å². The molecule has 0 fully saturated rings. The van der Waals surface area contributed by atoms with Gasteiger partial charge in [-0.05, 0) is 60.7 Å². The molecule has 0 radical (unpaired) electrons. The van der Waals surface area contributed by atoms with Gasteiger partial charge in [0.25, 0.3) is 11.8 Å². The Balaban J connectivity index is 1.44. The Hall–Kier alpha value is -4.13. The maximum absolute atomic E-state index is 12.5. The van der Waals surface area contributed by atoms with Crippen molar-refractivity contribution in [3.63, 3.8) is 0 Å². The number of nitrogens with one attached hydrogen (secondary N) is 2. The van der Waals surface area contributed by atoms with Crippen LogP contribution < -0.4 is 15.4 Å². The van der Waals surface area contributed by atoms with Crippen molar-refractivity contribution in [3.8, 4) is 5.75 Å². The number of methoxy groups -OCH3 is 1. The number of anilines is 2. The highest BCUT2D eigenvalue weighted by atomic mass is 16.5. The topological polar surface area (TPSA) is 93.5 Å². The highest BCUT2D eigenvalue weighted by Gasteiger charge is 2.11. The number of aromatic nitrogens is 1. The highest BCUT2D eigenvalue weighted by Crippen LogP contribution is 2.20. The third-order valence-corrected chi connectivity index (χ3v) is 4.27. The molecule has 2 heterocycles. The largest absolute Gasteiger partial charge is 0.497 e. The smallest absolute Gasteiger partial charge is 0.291 e. The highest BCUT2D eigenvalue weighted by molar-refractivity contribution is 6.05. The molecule has 0 bridgehead atoms. The molecule has 4 aromatic rings. The van der Waals surface area contributed by atoms with Crippen LogP contribution in [0.25, 0.3) is 10.9 Å². The van der Waals surface area contributed by atoms with Gasteiger partial charge in [0.2, 0.25) is 0 Å². The van der Waals surface area contributed by atoms with E-state index in [4.69, 9.17) is 9.15 Å². The van der Waals surface area contributed by atoms with Crippen LogP contribution in [0, 0.1) is 0 Å².